The van der Waals surface area contributed by atoms with Gasteiger partial charge in [-0.25, -0.2) is 4.79 Å². The van der Waals surface area contributed by atoms with Crippen molar-refractivity contribution in [1.29, 1.82) is 0 Å². The maximum absolute atomic E-state index is 11.5. The number of carbonyl (C=O) groups is 2. The van der Waals surface area contributed by atoms with E-state index < -0.39 is 17.4 Å². The molecular formula is C13H15BrN2O3. The molecule has 0 radical (unpaired) electrons. The zero-order valence-electron chi connectivity index (χ0n) is 10.3. The Morgan fingerprint density at radius 2 is 1.95 bits per heavy atom. The van der Waals surface area contributed by atoms with Gasteiger partial charge in [-0.15, -0.1) is 0 Å². The van der Waals surface area contributed by atoms with Crippen molar-refractivity contribution >= 4 is 33.5 Å². The number of hydrogen-bond donors (Lipinski definition) is 3. The molecule has 1 amide bonds. The normalized spacial score (nSPS) is 17.1. The fraction of sp³-hybridized carbons (Fsp3) is 0.385. The molecule has 0 bridgehead atoms. The number of carboxylic acid groups (broad SMARTS) is 1. The molecule has 0 spiro atoms. The number of rotatable bonds is 4. The number of carbonyl (C=O) groups excluding carboxylic acids is 1. The highest BCUT2D eigenvalue weighted by Gasteiger charge is 2.41. The van der Waals surface area contributed by atoms with Gasteiger partial charge in [0.25, 0.3) is 5.91 Å². The van der Waals surface area contributed by atoms with Gasteiger partial charge in [0.05, 0.1) is 5.56 Å². The molecule has 1 fully saturated rings. The lowest BCUT2D eigenvalue weighted by Gasteiger charge is -2.27. The molecule has 102 valence electrons. The highest BCUT2D eigenvalue weighted by atomic mass is 79.9. The second-order valence-corrected chi connectivity index (χ2v) is 5.60. The predicted octanol–water partition coefficient (Wildman–Crippen LogP) is 2.36. The SMILES string of the molecule is NC(=O)c1c(Br)cccc1NC1(C(=O)O)CCCC1. The van der Waals surface area contributed by atoms with E-state index in [0.29, 0.717) is 23.0 Å². The Balaban J connectivity index is 2.40. The van der Waals surface area contributed by atoms with E-state index in [1.165, 1.54) is 0 Å². The van der Waals surface area contributed by atoms with Crippen molar-refractivity contribution in [3.8, 4) is 0 Å². The van der Waals surface area contributed by atoms with E-state index in [2.05, 4.69) is 21.2 Å². The van der Waals surface area contributed by atoms with Crippen LogP contribution in [0, 0.1) is 0 Å². The third-order valence-electron chi connectivity index (χ3n) is 3.50. The lowest BCUT2D eigenvalue weighted by molar-refractivity contribution is -0.142. The van der Waals surface area contributed by atoms with Crippen molar-refractivity contribution in [2.45, 2.75) is 31.2 Å². The number of amides is 1. The Kier molecular flexibility index (Phi) is 3.80. The standard InChI is InChI=1S/C13H15BrN2O3/c14-8-4-3-5-9(10(8)11(15)17)16-13(12(18)19)6-1-2-7-13/h3-5,16H,1-2,6-7H2,(H2,15,17)(H,18,19). The van der Waals surface area contributed by atoms with Gasteiger partial charge in [-0.1, -0.05) is 18.9 Å². The summed E-state index contributed by atoms with van der Waals surface area (Å²) in [6.45, 7) is 0. The summed E-state index contributed by atoms with van der Waals surface area (Å²) in [6.07, 6.45) is 2.82. The van der Waals surface area contributed by atoms with Crippen molar-refractivity contribution < 1.29 is 14.7 Å². The molecule has 1 aliphatic rings. The first-order valence-electron chi connectivity index (χ1n) is 6.06. The van der Waals surface area contributed by atoms with E-state index in [1.54, 1.807) is 18.2 Å². The van der Waals surface area contributed by atoms with Gasteiger partial charge >= 0.3 is 5.97 Å². The van der Waals surface area contributed by atoms with E-state index in [0.717, 1.165) is 12.8 Å². The predicted molar refractivity (Wildman–Crippen MR) is 75.1 cm³/mol. The van der Waals surface area contributed by atoms with Gasteiger partial charge in [-0.05, 0) is 40.9 Å². The summed E-state index contributed by atoms with van der Waals surface area (Å²) >= 11 is 3.26. The number of benzene rings is 1. The number of primary amides is 1. The minimum atomic E-state index is -0.995. The molecule has 0 atom stereocenters. The summed E-state index contributed by atoms with van der Waals surface area (Å²) in [7, 11) is 0. The number of anilines is 1. The van der Waals surface area contributed by atoms with Crippen LogP contribution in [0.3, 0.4) is 0 Å². The van der Waals surface area contributed by atoms with Crippen LogP contribution in [0.1, 0.15) is 36.0 Å². The van der Waals surface area contributed by atoms with Crippen LogP contribution < -0.4 is 11.1 Å². The monoisotopic (exact) mass is 326 g/mol. The highest BCUT2D eigenvalue weighted by Crippen LogP contribution is 2.35. The van der Waals surface area contributed by atoms with Gasteiger partial charge < -0.3 is 16.2 Å². The van der Waals surface area contributed by atoms with Crippen LogP contribution in [0.4, 0.5) is 5.69 Å². The number of nitrogens with two attached hydrogens (primary N) is 1. The number of nitrogens with one attached hydrogen (secondary N) is 1. The molecule has 19 heavy (non-hydrogen) atoms. The first-order valence-corrected chi connectivity index (χ1v) is 6.85. The molecule has 2 rings (SSSR count). The molecule has 1 aliphatic carbocycles. The summed E-state index contributed by atoms with van der Waals surface area (Å²) in [4.78, 5) is 23.0. The maximum Gasteiger partial charge on any atom is 0.329 e. The van der Waals surface area contributed by atoms with Gasteiger partial charge in [0, 0.05) is 10.2 Å². The molecule has 6 heteroatoms. The van der Waals surface area contributed by atoms with Crippen LogP contribution in [0.25, 0.3) is 0 Å². The Morgan fingerprint density at radius 1 is 1.32 bits per heavy atom. The Morgan fingerprint density at radius 3 is 2.47 bits per heavy atom. The summed E-state index contributed by atoms with van der Waals surface area (Å²) < 4.78 is 0.559. The molecule has 0 saturated heterocycles. The van der Waals surface area contributed by atoms with Crippen molar-refractivity contribution in [2.24, 2.45) is 5.73 Å². The largest absolute Gasteiger partial charge is 0.480 e. The summed E-state index contributed by atoms with van der Waals surface area (Å²) in [5.41, 5.74) is 5.11. The van der Waals surface area contributed by atoms with E-state index in [9.17, 15) is 14.7 Å². The number of carboxylic acids is 1. The lowest BCUT2D eigenvalue weighted by atomic mass is 9.96. The van der Waals surface area contributed by atoms with Crippen molar-refractivity contribution in [1.82, 2.24) is 0 Å². The average Bonchev–Trinajstić information content (AvgIpc) is 2.78. The molecule has 0 unspecified atom stereocenters. The third kappa shape index (κ3) is 2.58. The van der Waals surface area contributed by atoms with Crippen molar-refractivity contribution in [2.75, 3.05) is 5.32 Å². The van der Waals surface area contributed by atoms with Gasteiger partial charge in [-0.2, -0.15) is 0 Å². The van der Waals surface area contributed by atoms with Crippen molar-refractivity contribution in [3.63, 3.8) is 0 Å². The first kappa shape index (κ1) is 13.9. The van der Waals surface area contributed by atoms with Crippen LogP contribution in [-0.4, -0.2) is 22.5 Å². The van der Waals surface area contributed by atoms with Gasteiger partial charge in [0.2, 0.25) is 0 Å². The lowest BCUT2D eigenvalue weighted by Crippen LogP contribution is -2.44. The molecule has 5 nitrogen and oxygen atoms in total. The second-order valence-electron chi connectivity index (χ2n) is 4.75. The summed E-state index contributed by atoms with van der Waals surface area (Å²) in [5, 5.41) is 12.4. The third-order valence-corrected chi connectivity index (χ3v) is 4.16. The van der Waals surface area contributed by atoms with E-state index in [-0.39, 0.29) is 5.56 Å². The van der Waals surface area contributed by atoms with Gasteiger partial charge in [0.1, 0.15) is 5.54 Å². The topological polar surface area (TPSA) is 92.4 Å². The Bertz CT molecular complexity index is 525. The van der Waals surface area contributed by atoms with Crippen molar-refractivity contribution in [3.05, 3.63) is 28.2 Å². The maximum atomic E-state index is 11.5. The molecule has 0 aliphatic heterocycles. The summed E-state index contributed by atoms with van der Waals surface area (Å²) in [6, 6.07) is 5.12. The van der Waals surface area contributed by atoms with Gasteiger partial charge in [-0.3, -0.25) is 4.79 Å². The molecule has 4 N–H and O–H groups in total. The van der Waals surface area contributed by atoms with Crippen LogP contribution in [0.5, 0.6) is 0 Å². The van der Waals surface area contributed by atoms with Gasteiger partial charge in [0.15, 0.2) is 0 Å². The zero-order valence-corrected chi connectivity index (χ0v) is 11.9. The van der Waals surface area contributed by atoms with Crippen LogP contribution in [0.15, 0.2) is 22.7 Å². The highest BCUT2D eigenvalue weighted by molar-refractivity contribution is 9.10. The summed E-state index contributed by atoms with van der Waals surface area (Å²) in [5.74, 6) is -1.48. The molecular weight excluding hydrogens is 312 g/mol. The number of aliphatic carboxylic acids is 1. The molecule has 1 saturated carbocycles. The molecule has 1 aromatic carbocycles. The van der Waals surface area contributed by atoms with E-state index >= 15 is 0 Å². The minimum absolute atomic E-state index is 0.287. The average molecular weight is 327 g/mol. The molecule has 1 aromatic rings. The molecule has 0 aromatic heterocycles. The first-order chi connectivity index (χ1) is 8.96. The van der Waals surface area contributed by atoms with E-state index in [1.807, 2.05) is 0 Å². The number of halogens is 1. The Hall–Kier alpha value is -1.56. The number of hydrogen-bond acceptors (Lipinski definition) is 3. The van der Waals surface area contributed by atoms with Crippen LogP contribution >= 0.6 is 15.9 Å². The fourth-order valence-corrected chi connectivity index (χ4v) is 3.07. The smallest absolute Gasteiger partial charge is 0.329 e. The van der Waals surface area contributed by atoms with Crippen LogP contribution in [-0.2, 0) is 4.79 Å². The Labute approximate surface area is 119 Å². The van der Waals surface area contributed by atoms with E-state index in [4.69, 9.17) is 5.73 Å². The second kappa shape index (κ2) is 5.21. The zero-order chi connectivity index (χ0) is 14.0. The van der Waals surface area contributed by atoms with Crippen LogP contribution in [0.2, 0.25) is 0 Å². The molecule has 0 heterocycles. The minimum Gasteiger partial charge on any atom is -0.480 e. The fourth-order valence-electron chi connectivity index (χ4n) is 2.51. The quantitative estimate of drug-likeness (QED) is 0.791.